The van der Waals surface area contributed by atoms with Crippen molar-refractivity contribution in [2.75, 3.05) is 59.3 Å². The highest BCUT2D eigenvalue weighted by Crippen LogP contribution is 2.33. The van der Waals surface area contributed by atoms with Gasteiger partial charge in [-0.25, -0.2) is 0 Å². The quantitative estimate of drug-likeness (QED) is 0.0262. The van der Waals surface area contributed by atoms with E-state index in [2.05, 4.69) is 27.4 Å². The molecule has 0 saturated heterocycles. The number of carbonyl (C=O) groups is 6. The molecule has 0 bridgehead atoms. The summed E-state index contributed by atoms with van der Waals surface area (Å²) in [5, 5.41) is 9.62. The molecule has 1 fully saturated rings. The van der Waals surface area contributed by atoms with Crippen LogP contribution < -0.4 is 0 Å². The monoisotopic (exact) mass is 982 g/mol. The van der Waals surface area contributed by atoms with Crippen LogP contribution in [0.4, 0.5) is 0 Å². The molecule has 0 amide bonds. The van der Waals surface area contributed by atoms with E-state index in [0.717, 1.165) is 109 Å². The maximum atomic E-state index is 13.7. The Morgan fingerprint density at radius 3 is 1.12 bits per heavy atom. The zero-order valence-corrected chi connectivity index (χ0v) is 43.5. The summed E-state index contributed by atoms with van der Waals surface area (Å²) >= 11 is 0. The Balaban J connectivity index is 2.93. The Labute approximate surface area is 416 Å². The van der Waals surface area contributed by atoms with Gasteiger partial charge in [-0.3, -0.25) is 33.7 Å². The summed E-state index contributed by atoms with van der Waals surface area (Å²) in [6.07, 6.45) is 23.1. The Morgan fingerprint density at radius 1 is 0.435 bits per heavy atom. The van der Waals surface area contributed by atoms with Crippen molar-refractivity contribution < 1.29 is 67.0 Å². The molecule has 15 nitrogen and oxygen atoms in total. The summed E-state index contributed by atoms with van der Waals surface area (Å²) in [5.41, 5.74) is -1.95. The number of hydrogen-bond donors (Lipinski definition) is 1. The van der Waals surface area contributed by atoms with Gasteiger partial charge in [0.25, 0.3) is 0 Å². The smallest absolute Gasteiger partial charge is 0.310 e. The maximum Gasteiger partial charge on any atom is 0.310 e. The molecule has 400 valence electrons. The molecular formula is C54H95NO14. The summed E-state index contributed by atoms with van der Waals surface area (Å²) in [7, 11) is 0. The van der Waals surface area contributed by atoms with Gasteiger partial charge >= 0.3 is 35.8 Å². The van der Waals surface area contributed by atoms with E-state index in [9.17, 15) is 33.9 Å². The minimum atomic E-state index is -1.95. The molecule has 0 radical (unpaired) electrons. The van der Waals surface area contributed by atoms with Gasteiger partial charge in [0, 0.05) is 38.4 Å². The van der Waals surface area contributed by atoms with Gasteiger partial charge in [-0.15, -0.1) is 0 Å². The summed E-state index contributed by atoms with van der Waals surface area (Å²) in [6, 6.07) is 0.275. The molecule has 0 aromatic heterocycles. The van der Waals surface area contributed by atoms with Crippen molar-refractivity contribution in [3.63, 3.8) is 0 Å². The van der Waals surface area contributed by atoms with E-state index in [-0.39, 0.29) is 82.4 Å². The van der Waals surface area contributed by atoms with Crippen LogP contribution >= 0.6 is 0 Å². The first-order chi connectivity index (χ1) is 33.5. The van der Waals surface area contributed by atoms with Crippen LogP contribution in [0.25, 0.3) is 0 Å². The molecular weight excluding hydrogens is 887 g/mol. The van der Waals surface area contributed by atoms with Crippen molar-refractivity contribution >= 4 is 35.8 Å². The number of hydrogen-bond acceptors (Lipinski definition) is 15. The van der Waals surface area contributed by atoms with Gasteiger partial charge in [0.15, 0.2) is 5.60 Å². The summed E-state index contributed by atoms with van der Waals surface area (Å²) in [5.74, 6) is -2.83. The number of aliphatic hydroxyl groups excluding tert-OH is 1. The number of aliphatic hydroxyl groups is 1. The van der Waals surface area contributed by atoms with Crippen molar-refractivity contribution in [1.82, 2.24) is 4.90 Å². The highest BCUT2D eigenvalue weighted by Gasteiger charge is 2.45. The molecule has 0 heterocycles. The maximum absolute atomic E-state index is 13.7. The first-order valence-electron chi connectivity index (χ1n) is 27.2. The van der Waals surface area contributed by atoms with E-state index in [4.69, 9.17) is 33.2 Å². The third kappa shape index (κ3) is 35.9. The van der Waals surface area contributed by atoms with Gasteiger partial charge in [0.05, 0.1) is 65.5 Å². The van der Waals surface area contributed by atoms with Gasteiger partial charge in [0.1, 0.15) is 5.76 Å². The first kappa shape index (κ1) is 63.3. The molecule has 1 aliphatic carbocycles. The van der Waals surface area contributed by atoms with Crippen LogP contribution in [0.1, 0.15) is 226 Å². The van der Waals surface area contributed by atoms with Crippen molar-refractivity contribution in [3.8, 4) is 0 Å². The fourth-order valence-corrected chi connectivity index (χ4v) is 7.74. The van der Waals surface area contributed by atoms with Gasteiger partial charge in [0.2, 0.25) is 0 Å². The number of ether oxygens (including phenoxy) is 7. The number of nitrogens with zero attached hydrogens (tertiary/aromatic N) is 1. The molecule has 0 atom stereocenters. The minimum Gasteiger partial charge on any atom is -0.494 e. The summed E-state index contributed by atoms with van der Waals surface area (Å²) in [4.78, 5) is 79.2. The lowest BCUT2D eigenvalue weighted by atomic mass is 9.92. The first-order valence-corrected chi connectivity index (χ1v) is 27.2. The summed E-state index contributed by atoms with van der Waals surface area (Å²) < 4.78 is 39.5. The predicted octanol–water partition coefficient (Wildman–Crippen LogP) is 10.7. The van der Waals surface area contributed by atoms with Gasteiger partial charge in [-0.05, 0) is 89.9 Å². The lowest BCUT2D eigenvalue weighted by molar-refractivity contribution is -0.172. The van der Waals surface area contributed by atoms with E-state index in [0.29, 0.717) is 90.1 Å². The minimum absolute atomic E-state index is 0.0568. The zero-order valence-electron chi connectivity index (χ0n) is 43.5. The van der Waals surface area contributed by atoms with E-state index in [1.54, 1.807) is 0 Å². The second-order valence-corrected chi connectivity index (χ2v) is 18.6. The third-order valence-corrected chi connectivity index (χ3v) is 12.1. The zero-order chi connectivity index (χ0) is 50.6. The van der Waals surface area contributed by atoms with Crippen LogP contribution in [-0.4, -0.2) is 117 Å². The second-order valence-electron chi connectivity index (χ2n) is 18.6. The van der Waals surface area contributed by atoms with Crippen LogP contribution in [0.5, 0.6) is 0 Å². The molecule has 0 spiro atoms. The lowest BCUT2D eigenvalue weighted by Crippen LogP contribution is -2.44. The van der Waals surface area contributed by atoms with Crippen LogP contribution in [0.3, 0.4) is 0 Å². The number of carbonyl (C=O) groups excluding carboxylic acids is 6. The fourth-order valence-electron chi connectivity index (χ4n) is 7.74. The second kappa shape index (κ2) is 43.1. The van der Waals surface area contributed by atoms with Crippen LogP contribution in [0.15, 0.2) is 12.3 Å². The van der Waals surface area contributed by atoms with Gasteiger partial charge in [-0.2, -0.15) is 0 Å². The SMILES string of the molecule is C=C(OCCCCCOC(=O)CCCCCCC)C(CC(=O)OCCCCCOC(=O)CCCCCCC)(CC(=O)OCCCCCOC(=O)CCCCCCC)OC(=O)CCN(CCO)C1CC1. The number of unbranched alkanes of at least 4 members (excludes halogenated alkanes) is 18. The largest absolute Gasteiger partial charge is 0.494 e. The van der Waals surface area contributed by atoms with Crippen molar-refractivity contribution in [3.05, 3.63) is 12.3 Å². The van der Waals surface area contributed by atoms with E-state index < -0.39 is 36.4 Å². The molecule has 1 rings (SSSR count). The Morgan fingerprint density at radius 2 is 0.768 bits per heavy atom. The molecule has 69 heavy (non-hydrogen) atoms. The Bertz CT molecular complexity index is 1330. The van der Waals surface area contributed by atoms with Gasteiger partial charge in [-0.1, -0.05) is 104 Å². The highest BCUT2D eigenvalue weighted by atomic mass is 16.6. The molecule has 1 aliphatic rings. The fraction of sp³-hybridized carbons (Fsp3) is 0.852. The predicted molar refractivity (Wildman–Crippen MR) is 266 cm³/mol. The average Bonchev–Trinajstić information content (AvgIpc) is 4.17. The van der Waals surface area contributed by atoms with Crippen molar-refractivity contribution in [2.45, 2.75) is 238 Å². The molecule has 0 aromatic carbocycles. The Hall–Kier alpha value is -3.72. The molecule has 0 aliphatic heterocycles. The van der Waals surface area contributed by atoms with Gasteiger partial charge < -0.3 is 38.3 Å². The van der Waals surface area contributed by atoms with Crippen LogP contribution in [-0.2, 0) is 61.9 Å². The molecule has 0 aromatic rings. The molecule has 1 N–H and O–H groups in total. The lowest BCUT2D eigenvalue weighted by Gasteiger charge is -2.33. The molecule has 0 unspecified atom stereocenters. The van der Waals surface area contributed by atoms with E-state index >= 15 is 0 Å². The standard InChI is InChI=1S/C54H95NO14/c1-5-8-11-14-20-29-48(57)64-39-24-17-23-38-63-46(4)54(69-51(60)34-35-55(36-37-56)47-32-33-47,44-52(61)67-42-27-18-25-40-65-49(58)30-21-15-12-9-6-2)45-53(62)68-43-28-19-26-41-66-50(59)31-22-16-13-10-7-3/h47,56H,4-45H2,1-3H3. The highest BCUT2D eigenvalue weighted by molar-refractivity contribution is 5.79. The number of rotatable bonds is 49. The normalized spacial score (nSPS) is 12.4. The molecule has 15 heteroatoms. The molecule has 1 saturated carbocycles. The number of esters is 6. The topological polar surface area (TPSA) is 190 Å². The Kier molecular flexibility index (Phi) is 39.5. The summed E-state index contributed by atoms with van der Waals surface area (Å²) in [6.45, 7) is 12.3. The van der Waals surface area contributed by atoms with Crippen molar-refractivity contribution in [1.29, 1.82) is 0 Å². The van der Waals surface area contributed by atoms with E-state index in [1.165, 1.54) is 0 Å². The average molecular weight is 982 g/mol. The van der Waals surface area contributed by atoms with Crippen LogP contribution in [0.2, 0.25) is 0 Å². The van der Waals surface area contributed by atoms with Crippen LogP contribution in [0, 0.1) is 0 Å². The third-order valence-electron chi connectivity index (χ3n) is 12.1. The van der Waals surface area contributed by atoms with Crippen molar-refractivity contribution in [2.24, 2.45) is 0 Å². The van der Waals surface area contributed by atoms with E-state index in [1.807, 2.05) is 4.90 Å².